The van der Waals surface area contributed by atoms with E-state index in [9.17, 15) is 17.6 Å². The third-order valence-electron chi connectivity index (χ3n) is 8.52. The van der Waals surface area contributed by atoms with Crippen LogP contribution in [0.2, 0.25) is 0 Å². The lowest BCUT2D eigenvalue weighted by Crippen LogP contribution is -2.42. The first-order chi connectivity index (χ1) is 18.5. The summed E-state index contributed by atoms with van der Waals surface area (Å²) in [6.45, 7) is 5.42. The molecule has 9 heteroatoms. The second kappa shape index (κ2) is 9.40. The van der Waals surface area contributed by atoms with Crippen LogP contribution in [0.25, 0.3) is 11.1 Å². The van der Waals surface area contributed by atoms with E-state index < -0.39 is 9.84 Å². The van der Waals surface area contributed by atoms with E-state index >= 15 is 0 Å². The molecule has 204 valence electrons. The zero-order valence-corrected chi connectivity index (χ0v) is 23.2. The van der Waals surface area contributed by atoms with Crippen molar-refractivity contribution in [3.8, 4) is 22.9 Å². The van der Waals surface area contributed by atoms with Crippen molar-refractivity contribution < 1.29 is 27.1 Å². The number of sulfone groups is 1. The van der Waals surface area contributed by atoms with Gasteiger partial charge in [-0.1, -0.05) is 0 Å². The summed E-state index contributed by atoms with van der Waals surface area (Å²) < 4.78 is 50.0. The number of ether oxygens (including phenoxy) is 2. The fourth-order valence-electron chi connectivity index (χ4n) is 6.19. The fourth-order valence-corrected chi connectivity index (χ4v) is 7.32. The third-order valence-corrected chi connectivity index (χ3v) is 10.1. The highest BCUT2D eigenvalue weighted by Crippen LogP contribution is 2.61. The van der Waals surface area contributed by atoms with Gasteiger partial charge in [0.25, 0.3) is 0 Å². The first-order valence-corrected chi connectivity index (χ1v) is 15.2. The number of Topliss-reactive ketones (excluding diaryl/α,β-unsaturated/α-hetero) is 1. The van der Waals surface area contributed by atoms with Crippen LogP contribution < -0.4 is 9.47 Å². The number of hydrogen-bond acceptors (Lipinski definition) is 7. The Balaban J connectivity index is 1.15. The van der Waals surface area contributed by atoms with Crippen LogP contribution in [0.5, 0.6) is 11.8 Å². The maximum atomic E-state index is 14.9. The topological polar surface area (TPSA) is 95.5 Å². The van der Waals surface area contributed by atoms with E-state index in [1.807, 2.05) is 26.0 Å². The van der Waals surface area contributed by atoms with Crippen molar-refractivity contribution in [2.75, 3.05) is 6.26 Å². The van der Waals surface area contributed by atoms with Crippen LogP contribution in [0.15, 0.2) is 36.5 Å². The summed E-state index contributed by atoms with van der Waals surface area (Å²) in [6, 6.07) is 8.88. The average Bonchev–Trinajstić information content (AvgIpc) is 3.43. The van der Waals surface area contributed by atoms with Crippen LogP contribution in [-0.4, -0.2) is 41.8 Å². The number of carbonyl (C=O) groups excluding carboxylic acids is 1. The largest absolute Gasteiger partial charge is 0.474 e. The van der Waals surface area contributed by atoms with Crippen LogP contribution in [0.4, 0.5) is 4.39 Å². The van der Waals surface area contributed by atoms with Gasteiger partial charge < -0.3 is 9.47 Å². The number of halogens is 1. The first kappa shape index (κ1) is 25.9. The highest BCUT2D eigenvalue weighted by molar-refractivity contribution is 7.91. The molecule has 0 bridgehead atoms. The summed E-state index contributed by atoms with van der Waals surface area (Å²) in [7, 11) is -3.04. The maximum Gasteiger partial charge on any atom is 0.213 e. The molecule has 7 nitrogen and oxygen atoms in total. The van der Waals surface area contributed by atoms with Gasteiger partial charge in [-0.05, 0) is 79.5 Å². The zero-order chi connectivity index (χ0) is 27.6. The number of aryl methyl sites for hydroxylation is 2. The van der Waals surface area contributed by atoms with E-state index in [-0.39, 0.29) is 35.5 Å². The number of benzene rings is 1. The van der Waals surface area contributed by atoms with Crippen LogP contribution in [0.3, 0.4) is 0 Å². The normalized spacial score (nSPS) is 24.9. The van der Waals surface area contributed by atoms with E-state index in [0.29, 0.717) is 42.0 Å². The number of carbonyl (C=O) groups is 1. The Labute approximate surface area is 227 Å². The van der Waals surface area contributed by atoms with Crippen LogP contribution in [0.1, 0.15) is 53.6 Å². The van der Waals surface area contributed by atoms with Gasteiger partial charge in [0, 0.05) is 60.2 Å². The van der Waals surface area contributed by atoms with Crippen LogP contribution >= 0.6 is 0 Å². The average molecular weight is 551 g/mol. The second-order valence-electron chi connectivity index (χ2n) is 11.2. The smallest absolute Gasteiger partial charge is 0.213 e. The molecule has 0 saturated heterocycles. The molecule has 6 rings (SSSR count). The van der Waals surface area contributed by atoms with Crippen molar-refractivity contribution in [1.82, 2.24) is 9.97 Å². The molecular formula is C30H31FN2O5S. The molecule has 0 spiro atoms. The number of aromatic nitrogens is 2. The summed E-state index contributed by atoms with van der Waals surface area (Å²) in [4.78, 5) is 20.8. The molecule has 39 heavy (non-hydrogen) atoms. The van der Waals surface area contributed by atoms with Crippen molar-refractivity contribution in [2.24, 2.45) is 11.8 Å². The minimum Gasteiger partial charge on any atom is -0.474 e. The molecule has 2 saturated carbocycles. The Bertz CT molecular complexity index is 1600. The maximum absolute atomic E-state index is 14.9. The Morgan fingerprint density at radius 2 is 1.87 bits per heavy atom. The van der Waals surface area contributed by atoms with Crippen molar-refractivity contribution >= 4 is 15.6 Å². The minimum atomic E-state index is -3.04. The van der Waals surface area contributed by atoms with Gasteiger partial charge >= 0.3 is 0 Å². The third kappa shape index (κ3) is 4.81. The Hall–Kier alpha value is -3.33. The molecule has 0 N–H and O–H groups in total. The number of pyridine rings is 2. The van der Waals surface area contributed by atoms with Gasteiger partial charge in [0.15, 0.2) is 9.84 Å². The summed E-state index contributed by atoms with van der Waals surface area (Å²) in [5.74, 6) is 1.61. The summed E-state index contributed by atoms with van der Waals surface area (Å²) >= 11 is 0. The molecule has 2 aromatic heterocycles. The summed E-state index contributed by atoms with van der Waals surface area (Å²) in [5.41, 5.74) is 5.94. The van der Waals surface area contributed by atoms with E-state index in [4.69, 9.17) is 9.47 Å². The molecule has 0 unspecified atom stereocenters. The molecule has 0 amide bonds. The quantitative estimate of drug-likeness (QED) is 0.393. The van der Waals surface area contributed by atoms with E-state index in [0.717, 1.165) is 39.9 Å². The summed E-state index contributed by atoms with van der Waals surface area (Å²) in [6.07, 6.45) is 4.70. The zero-order valence-electron chi connectivity index (χ0n) is 22.4. The first-order valence-electron chi connectivity index (χ1n) is 13.2. The lowest BCUT2D eigenvalue weighted by atomic mass is 9.95. The van der Waals surface area contributed by atoms with Crippen molar-refractivity contribution in [3.05, 3.63) is 70.3 Å². The SMILES string of the molecule is CC(=O)[C@H]1[C@@H]2Cc3cc(OCc4cc(-c5ccc(OC6CC(S(C)(=O)=O)C6)nc5C)c(C)cc4F)ncc3[C@@H]21. The summed E-state index contributed by atoms with van der Waals surface area (Å²) in [5, 5.41) is -0.345. The molecule has 3 atom stereocenters. The molecular weight excluding hydrogens is 519 g/mol. The van der Waals surface area contributed by atoms with Crippen LogP contribution in [0, 0.1) is 31.5 Å². The van der Waals surface area contributed by atoms with Gasteiger partial charge in [-0.25, -0.2) is 22.8 Å². The number of nitrogens with zero attached hydrogens (tertiary/aromatic N) is 2. The lowest BCUT2D eigenvalue weighted by Gasteiger charge is -2.33. The molecule has 3 aliphatic carbocycles. The van der Waals surface area contributed by atoms with Gasteiger partial charge in [-0.3, -0.25) is 4.79 Å². The number of fused-ring (bicyclic) bond motifs is 3. The highest BCUT2D eigenvalue weighted by Gasteiger charge is 2.58. The van der Waals surface area contributed by atoms with Gasteiger partial charge in [0.2, 0.25) is 11.8 Å². The number of hydrogen-bond donors (Lipinski definition) is 0. The number of ketones is 1. The highest BCUT2D eigenvalue weighted by atomic mass is 32.2. The molecule has 0 aliphatic heterocycles. The van der Waals surface area contributed by atoms with E-state index in [2.05, 4.69) is 9.97 Å². The predicted octanol–water partition coefficient (Wildman–Crippen LogP) is 4.91. The molecule has 0 radical (unpaired) electrons. The van der Waals surface area contributed by atoms with Gasteiger partial charge in [0.1, 0.15) is 24.3 Å². The minimum absolute atomic E-state index is 0.0324. The molecule has 1 aromatic carbocycles. The predicted molar refractivity (Wildman–Crippen MR) is 144 cm³/mol. The Morgan fingerprint density at radius 3 is 2.56 bits per heavy atom. The van der Waals surface area contributed by atoms with Crippen molar-refractivity contribution in [3.63, 3.8) is 0 Å². The molecule has 2 heterocycles. The van der Waals surface area contributed by atoms with Crippen molar-refractivity contribution in [2.45, 2.75) is 63.9 Å². The van der Waals surface area contributed by atoms with E-state index in [1.165, 1.54) is 12.3 Å². The fraction of sp³-hybridized carbons (Fsp3) is 0.433. The van der Waals surface area contributed by atoms with Gasteiger partial charge in [-0.15, -0.1) is 0 Å². The Kier molecular flexibility index (Phi) is 6.25. The van der Waals surface area contributed by atoms with Gasteiger partial charge in [-0.2, -0.15) is 0 Å². The molecule has 2 fully saturated rings. The molecule has 3 aliphatic rings. The monoisotopic (exact) mass is 550 g/mol. The van der Waals surface area contributed by atoms with Crippen LogP contribution in [-0.2, 0) is 27.7 Å². The standard InChI is InChI=1S/C30H31FN2O5S/c1-15-7-26(31)19(14-37-28-10-18-8-24-29(17(3)34)30(24)25(18)13-32-28)9-23(15)22-5-6-27(33-16(22)2)38-20-11-21(12-20)39(4,35)36/h5-7,9-10,13,20-21,24,29-30H,8,11-12,14H2,1-4H3/t20?,21?,24-,29-,30+/m0/s1. The van der Waals surface area contributed by atoms with E-state index in [1.54, 1.807) is 25.3 Å². The van der Waals surface area contributed by atoms with Gasteiger partial charge in [0.05, 0.1) is 5.25 Å². The number of rotatable bonds is 8. The molecule has 3 aromatic rings. The lowest BCUT2D eigenvalue weighted by molar-refractivity contribution is -0.118. The van der Waals surface area contributed by atoms with Crippen molar-refractivity contribution in [1.29, 1.82) is 0 Å². The second-order valence-corrected chi connectivity index (χ2v) is 13.6. The Morgan fingerprint density at radius 1 is 1.10 bits per heavy atom.